The van der Waals surface area contributed by atoms with Gasteiger partial charge in [0.05, 0.1) is 23.8 Å². The van der Waals surface area contributed by atoms with Gasteiger partial charge in [0.15, 0.2) is 11.6 Å². The summed E-state index contributed by atoms with van der Waals surface area (Å²) >= 11 is 5.92. The molecule has 3 amide bonds. The number of urea groups is 1. The lowest BCUT2D eigenvalue weighted by molar-refractivity contribution is 0.0480. The maximum atomic E-state index is 13.6. The Morgan fingerprint density at radius 2 is 1.97 bits per heavy atom. The number of anilines is 1. The van der Waals surface area contributed by atoms with Crippen molar-refractivity contribution in [3.63, 3.8) is 0 Å². The number of halogens is 2. The highest BCUT2D eigenvalue weighted by Gasteiger charge is 2.25. The Hall–Kier alpha value is -3.67. The minimum Gasteiger partial charge on any atom is -0.447 e. The molecule has 4 N–H and O–H groups in total. The lowest BCUT2D eigenvalue weighted by Gasteiger charge is -2.29. The van der Waals surface area contributed by atoms with E-state index < -0.39 is 36.7 Å². The van der Waals surface area contributed by atoms with E-state index in [9.17, 15) is 24.2 Å². The Labute approximate surface area is 211 Å². The quantitative estimate of drug-likeness (QED) is 0.320. The average molecular weight is 521 g/mol. The van der Waals surface area contributed by atoms with Crippen LogP contribution in [-0.2, 0) is 11.3 Å². The first-order valence-electron chi connectivity index (χ1n) is 11.0. The smallest absolute Gasteiger partial charge is 0.412 e. The van der Waals surface area contributed by atoms with Gasteiger partial charge in [-0.2, -0.15) is 0 Å². The van der Waals surface area contributed by atoms with Gasteiger partial charge in [0.2, 0.25) is 0 Å². The van der Waals surface area contributed by atoms with Gasteiger partial charge in [0, 0.05) is 25.2 Å². The number of benzene rings is 2. The Balaban J connectivity index is 1.57. The topological polar surface area (TPSA) is 137 Å². The second-order valence-corrected chi connectivity index (χ2v) is 8.25. The molecular formula is C24H26ClFN4O6. The minimum atomic E-state index is -1.15. The molecule has 3 rings (SSSR count). The molecule has 2 aromatic carbocycles. The van der Waals surface area contributed by atoms with Crippen LogP contribution in [0, 0.1) is 5.82 Å². The number of nitrogens with one attached hydrogen (secondary N) is 2. The summed E-state index contributed by atoms with van der Waals surface area (Å²) in [4.78, 5) is 26.2. The molecule has 0 radical (unpaired) electrons. The molecule has 0 aliphatic carbocycles. The molecule has 1 heterocycles. The number of carbonyl (C=O) groups excluding carboxylic acids is 2. The molecule has 2 atom stereocenters. The van der Waals surface area contributed by atoms with Crippen molar-refractivity contribution < 1.29 is 33.5 Å². The van der Waals surface area contributed by atoms with Gasteiger partial charge in [-0.25, -0.2) is 14.0 Å². The number of aliphatic hydroxyl groups is 2. The van der Waals surface area contributed by atoms with Crippen molar-refractivity contribution >= 4 is 29.5 Å². The summed E-state index contributed by atoms with van der Waals surface area (Å²) < 4.78 is 24.1. The zero-order chi connectivity index (χ0) is 26.1. The van der Waals surface area contributed by atoms with Crippen molar-refractivity contribution in [2.75, 3.05) is 25.6 Å². The second-order valence-electron chi connectivity index (χ2n) is 7.87. The lowest BCUT2D eigenvalue weighted by atomic mass is 10.1. The summed E-state index contributed by atoms with van der Waals surface area (Å²) in [6, 6.07) is 13.6. The zero-order valence-corrected chi connectivity index (χ0v) is 20.1. The molecule has 0 spiro atoms. The van der Waals surface area contributed by atoms with E-state index in [1.807, 2.05) is 30.3 Å². The summed E-state index contributed by atoms with van der Waals surface area (Å²) in [6.45, 7) is -0.887. The van der Waals surface area contributed by atoms with Crippen LogP contribution in [-0.4, -0.2) is 64.8 Å². The van der Waals surface area contributed by atoms with E-state index in [4.69, 9.17) is 20.9 Å². The zero-order valence-electron chi connectivity index (χ0n) is 19.4. The molecule has 10 nitrogen and oxygen atoms in total. The van der Waals surface area contributed by atoms with Crippen molar-refractivity contribution in [1.82, 2.24) is 15.4 Å². The molecule has 1 aromatic heterocycles. The molecule has 192 valence electrons. The summed E-state index contributed by atoms with van der Waals surface area (Å²) in [5.74, 6) is -0.0309. The monoisotopic (exact) mass is 520 g/mol. The number of amides is 3. The summed E-state index contributed by atoms with van der Waals surface area (Å²) in [5.41, 5.74) is 1.15. The number of ether oxygens (including phenoxy) is 1. The molecule has 0 bridgehead atoms. The van der Waals surface area contributed by atoms with E-state index in [0.29, 0.717) is 11.3 Å². The van der Waals surface area contributed by atoms with Gasteiger partial charge in [-0.05, 0) is 18.1 Å². The number of aliphatic hydroxyl groups excluding tert-OH is 2. The average Bonchev–Trinajstić information content (AvgIpc) is 3.35. The highest BCUT2D eigenvalue weighted by Crippen LogP contribution is 2.22. The molecule has 0 aliphatic rings. The van der Waals surface area contributed by atoms with Gasteiger partial charge < -0.3 is 29.7 Å². The van der Waals surface area contributed by atoms with Crippen LogP contribution in [0.15, 0.2) is 59.1 Å². The predicted octanol–water partition coefficient (Wildman–Crippen LogP) is 3.64. The third-order valence-corrected chi connectivity index (χ3v) is 5.71. The third kappa shape index (κ3) is 7.41. The number of nitrogens with zero attached hydrogens (tertiary/aromatic N) is 2. The first-order chi connectivity index (χ1) is 17.3. The Kier molecular flexibility index (Phi) is 9.62. The lowest BCUT2D eigenvalue weighted by Crippen LogP contribution is -2.47. The van der Waals surface area contributed by atoms with Crippen LogP contribution in [0.2, 0.25) is 5.02 Å². The summed E-state index contributed by atoms with van der Waals surface area (Å²) in [7, 11) is 1.43. The molecule has 12 heteroatoms. The van der Waals surface area contributed by atoms with Crippen LogP contribution < -0.4 is 10.6 Å². The number of hydrogen-bond donors (Lipinski definition) is 4. The number of hydrogen-bond acceptors (Lipinski definition) is 7. The van der Waals surface area contributed by atoms with E-state index in [-0.39, 0.29) is 30.4 Å². The van der Waals surface area contributed by atoms with E-state index in [0.717, 1.165) is 5.56 Å². The SMILES string of the molecule is CN(C(=O)NCc1cccc(F)c1Cl)[C@H](COC(=O)Nc1cc(-c2ccccc2)on1)C[C@@H](O)CO. The first-order valence-corrected chi connectivity index (χ1v) is 11.3. The van der Waals surface area contributed by atoms with E-state index >= 15 is 0 Å². The normalized spacial score (nSPS) is 12.5. The van der Waals surface area contributed by atoms with Gasteiger partial charge in [0.1, 0.15) is 12.4 Å². The molecule has 36 heavy (non-hydrogen) atoms. The molecule has 0 saturated heterocycles. The predicted molar refractivity (Wildman–Crippen MR) is 130 cm³/mol. The van der Waals surface area contributed by atoms with E-state index in [1.165, 1.54) is 30.1 Å². The Morgan fingerprint density at radius 1 is 1.22 bits per heavy atom. The number of carbonyl (C=O) groups is 2. The van der Waals surface area contributed by atoms with Crippen molar-refractivity contribution in [3.05, 3.63) is 71.0 Å². The van der Waals surface area contributed by atoms with Crippen LogP contribution in [0.3, 0.4) is 0 Å². The van der Waals surface area contributed by atoms with Crippen molar-refractivity contribution in [3.8, 4) is 11.3 Å². The standard InChI is InChI=1S/C24H26ClFN4O6/c1-30(23(33)27-12-16-8-5-9-19(26)22(16)25)17(10-18(32)13-31)14-35-24(34)28-21-11-20(36-29-21)15-6-3-2-4-7-15/h2-9,11,17-18,31-32H,10,12-14H2,1H3,(H,27,33)(H,28,29,34)/t17-,18+/m0/s1. The van der Waals surface area contributed by atoms with Crippen LogP contribution in [0.1, 0.15) is 12.0 Å². The maximum Gasteiger partial charge on any atom is 0.412 e. The Bertz CT molecular complexity index is 1160. The fourth-order valence-corrected chi connectivity index (χ4v) is 3.45. The molecule has 0 saturated carbocycles. The van der Waals surface area contributed by atoms with Crippen molar-refractivity contribution in [2.24, 2.45) is 0 Å². The van der Waals surface area contributed by atoms with Crippen LogP contribution in [0.5, 0.6) is 0 Å². The third-order valence-electron chi connectivity index (χ3n) is 5.29. The largest absolute Gasteiger partial charge is 0.447 e. The Morgan fingerprint density at radius 3 is 2.69 bits per heavy atom. The van der Waals surface area contributed by atoms with Gasteiger partial charge in [-0.1, -0.05) is 59.2 Å². The van der Waals surface area contributed by atoms with Crippen LogP contribution in [0.4, 0.5) is 19.8 Å². The highest BCUT2D eigenvalue weighted by atomic mass is 35.5. The number of likely N-dealkylation sites (N-methyl/N-ethyl adjacent to an activating group) is 1. The number of rotatable bonds is 10. The first kappa shape index (κ1) is 26.9. The van der Waals surface area contributed by atoms with Gasteiger partial charge in [0.25, 0.3) is 0 Å². The van der Waals surface area contributed by atoms with Gasteiger partial charge in [-0.15, -0.1) is 0 Å². The summed E-state index contributed by atoms with van der Waals surface area (Å²) in [6.07, 6.45) is -2.08. The minimum absolute atomic E-state index is 0.0493. The molecule has 0 fully saturated rings. The van der Waals surface area contributed by atoms with Crippen molar-refractivity contribution in [1.29, 1.82) is 0 Å². The number of aromatic nitrogens is 1. The van der Waals surface area contributed by atoms with E-state index in [2.05, 4.69) is 15.8 Å². The van der Waals surface area contributed by atoms with E-state index in [1.54, 1.807) is 6.07 Å². The molecule has 0 aliphatic heterocycles. The van der Waals surface area contributed by atoms with Gasteiger partial charge >= 0.3 is 12.1 Å². The fraction of sp³-hybridized carbons (Fsp3) is 0.292. The molecule has 3 aromatic rings. The maximum absolute atomic E-state index is 13.6. The molecule has 0 unspecified atom stereocenters. The summed E-state index contributed by atoms with van der Waals surface area (Å²) in [5, 5.41) is 27.8. The van der Waals surface area contributed by atoms with Crippen LogP contribution >= 0.6 is 11.6 Å². The fourth-order valence-electron chi connectivity index (χ4n) is 3.26. The second kappa shape index (κ2) is 12.9. The van der Waals surface area contributed by atoms with Crippen LogP contribution in [0.25, 0.3) is 11.3 Å². The van der Waals surface area contributed by atoms with Crippen molar-refractivity contribution in [2.45, 2.75) is 25.1 Å². The molecular weight excluding hydrogens is 495 g/mol. The van der Waals surface area contributed by atoms with Gasteiger partial charge in [-0.3, -0.25) is 5.32 Å². The highest BCUT2D eigenvalue weighted by molar-refractivity contribution is 6.31.